The van der Waals surface area contributed by atoms with Crippen LogP contribution in [0, 0.1) is 6.92 Å². The zero-order valence-electron chi connectivity index (χ0n) is 13.0. The smallest absolute Gasteiger partial charge is 0.294 e. The van der Waals surface area contributed by atoms with Gasteiger partial charge >= 0.3 is 0 Å². The van der Waals surface area contributed by atoms with Gasteiger partial charge in [0.15, 0.2) is 5.82 Å². The molecule has 0 unspecified atom stereocenters. The van der Waals surface area contributed by atoms with Crippen molar-refractivity contribution >= 4 is 11.3 Å². The summed E-state index contributed by atoms with van der Waals surface area (Å²) in [6, 6.07) is 0. The molecule has 7 nitrogen and oxygen atoms in total. The summed E-state index contributed by atoms with van der Waals surface area (Å²) < 4.78 is 10.6. The Morgan fingerprint density at radius 2 is 2.09 bits per heavy atom. The fourth-order valence-corrected chi connectivity index (χ4v) is 3.55. The number of hydrogen-bond acceptors (Lipinski definition) is 8. The van der Waals surface area contributed by atoms with E-state index in [9.17, 15) is 0 Å². The maximum absolute atomic E-state index is 5.37. The van der Waals surface area contributed by atoms with Crippen LogP contribution < -0.4 is 10.1 Å². The van der Waals surface area contributed by atoms with Gasteiger partial charge in [-0.25, -0.2) is 0 Å². The Hall–Kier alpha value is -1.54. The minimum absolute atomic E-state index is 0.215. The van der Waals surface area contributed by atoms with Crippen molar-refractivity contribution in [3.05, 3.63) is 16.7 Å². The average Bonchev–Trinajstić information content (AvgIpc) is 3.16. The fraction of sp³-hybridized carbons (Fsp3) is 0.714. The van der Waals surface area contributed by atoms with Gasteiger partial charge in [-0.05, 0) is 19.8 Å². The maximum atomic E-state index is 5.37. The summed E-state index contributed by atoms with van der Waals surface area (Å²) in [7, 11) is 0. The van der Waals surface area contributed by atoms with E-state index in [-0.39, 0.29) is 5.54 Å². The third-order valence-corrected chi connectivity index (χ3v) is 4.79. The first-order chi connectivity index (χ1) is 10.7. The number of aryl methyl sites for hydroxylation is 1. The molecule has 0 saturated heterocycles. The van der Waals surface area contributed by atoms with Crippen LogP contribution in [0.15, 0.2) is 4.52 Å². The highest BCUT2D eigenvalue weighted by atomic mass is 32.1. The quantitative estimate of drug-likeness (QED) is 0.874. The first kappa shape index (κ1) is 15.4. The molecule has 1 aliphatic carbocycles. The van der Waals surface area contributed by atoms with Crippen molar-refractivity contribution in [3.63, 3.8) is 0 Å². The Labute approximate surface area is 133 Å². The number of rotatable bonds is 6. The van der Waals surface area contributed by atoms with Crippen molar-refractivity contribution in [1.29, 1.82) is 0 Å². The Morgan fingerprint density at radius 1 is 1.27 bits per heavy atom. The van der Waals surface area contributed by atoms with Crippen LogP contribution in [0.25, 0.3) is 0 Å². The van der Waals surface area contributed by atoms with Crippen molar-refractivity contribution in [1.82, 2.24) is 25.7 Å². The molecule has 2 aromatic rings. The summed E-state index contributed by atoms with van der Waals surface area (Å²) in [6.07, 6.45) is 5.63. The van der Waals surface area contributed by atoms with Gasteiger partial charge in [0.05, 0.1) is 18.7 Å². The van der Waals surface area contributed by atoms with Crippen LogP contribution in [0.5, 0.6) is 5.19 Å². The highest BCUT2D eigenvalue weighted by molar-refractivity contribution is 7.13. The van der Waals surface area contributed by atoms with Gasteiger partial charge in [0, 0.05) is 6.92 Å². The first-order valence-corrected chi connectivity index (χ1v) is 8.54. The molecule has 0 atom stereocenters. The Morgan fingerprint density at radius 3 is 2.77 bits per heavy atom. The van der Waals surface area contributed by atoms with Crippen LogP contribution in [0.2, 0.25) is 0 Å². The van der Waals surface area contributed by atoms with Gasteiger partial charge in [0.1, 0.15) is 5.01 Å². The van der Waals surface area contributed by atoms with Crippen molar-refractivity contribution in [2.75, 3.05) is 6.61 Å². The van der Waals surface area contributed by atoms with E-state index in [0.717, 1.165) is 23.7 Å². The third kappa shape index (κ3) is 3.27. The highest BCUT2D eigenvalue weighted by Gasteiger charge is 2.38. The number of ether oxygens (including phenoxy) is 1. The van der Waals surface area contributed by atoms with Gasteiger partial charge in [0.2, 0.25) is 5.89 Å². The lowest BCUT2D eigenvalue weighted by Gasteiger charge is -2.35. The van der Waals surface area contributed by atoms with Crippen LogP contribution in [0.3, 0.4) is 0 Å². The summed E-state index contributed by atoms with van der Waals surface area (Å²) in [6.45, 7) is 5.01. The Balaban J connectivity index is 1.72. The molecule has 0 aliphatic heterocycles. The highest BCUT2D eigenvalue weighted by Crippen LogP contribution is 2.36. The molecule has 1 saturated carbocycles. The van der Waals surface area contributed by atoms with E-state index < -0.39 is 0 Å². The van der Waals surface area contributed by atoms with Gasteiger partial charge in [-0.3, -0.25) is 5.32 Å². The van der Waals surface area contributed by atoms with Gasteiger partial charge in [-0.1, -0.05) is 35.8 Å². The topological polar surface area (TPSA) is 86.0 Å². The average molecular weight is 323 g/mol. The second-order valence-electron chi connectivity index (χ2n) is 5.53. The van der Waals surface area contributed by atoms with E-state index in [4.69, 9.17) is 9.26 Å². The molecule has 22 heavy (non-hydrogen) atoms. The number of nitrogens with zero attached hydrogens (tertiary/aromatic N) is 4. The van der Waals surface area contributed by atoms with Crippen LogP contribution in [-0.4, -0.2) is 26.9 Å². The molecular formula is C14H21N5O2S. The predicted molar refractivity (Wildman–Crippen MR) is 81.7 cm³/mol. The minimum atomic E-state index is -0.215. The number of nitrogens with one attached hydrogen (secondary N) is 1. The van der Waals surface area contributed by atoms with Crippen molar-refractivity contribution < 1.29 is 9.26 Å². The van der Waals surface area contributed by atoms with E-state index in [0.29, 0.717) is 24.2 Å². The zero-order valence-corrected chi connectivity index (χ0v) is 13.8. The molecule has 3 rings (SSSR count). The molecular weight excluding hydrogens is 302 g/mol. The molecule has 120 valence electrons. The molecule has 0 amide bonds. The minimum Gasteiger partial charge on any atom is -0.469 e. The van der Waals surface area contributed by atoms with Crippen molar-refractivity contribution in [2.45, 2.75) is 58.0 Å². The molecule has 0 radical (unpaired) electrons. The SMILES string of the molecule is CCOc1nnc(CNC2(c3noc(C)n3)CCCCC2)s1. The van der Waals surface area contributed by atoms with Gasteiger partial charge in [0.25, 0.3) is 5.19 Å². The monoisotopic (exact) mass is 323 g/mol. The molecule has 1 aliphatic rings. The van der Waals surface area contributed by atoms with E-state index in [1.165, 1.54) is 30.6 Å². The second-order valence-corrected chi connectivity index (χ2v) is 6.55. The van der Waals surface area contributed by atoms with Crippen LogP contribution >= 0.6 is 11.3 Å². The molecule has 2 heterocycles. The first-order valence-electron chi connectivity index (χ1n) is 7.73. The summed E-state index contributed by atoms with van der Waals surface area (Å²) in [4.78, 5) is 4.46. The van der Waals surface area contributed by atoms with E-state index >= 15 is 0 Å². The maximum Gasteiger partial charge on any atom is 0.294 e. The largest absolute Gasteiger partial charge is 0.469 e. The molecule has 8 heteroatoms. The summed E-state index contributed by atoms with van der Waals surface area (Å²) >= 11 is 1.47. The summed E-state index contributed by atoms with van der Waals surface area (Å²) in [5.74, 6) is 1.37. The predicted octanol–water partition coefficient (Wildman–Crippen LogP) is 2.58. The third-order valence-electron chi connectivity index (χ3n) is 3.96. The normalized spacial score (nSPS) is 17.5. The molecule has 1 N–H and O–H groups in total. The number of hydrogen-bond donors (Lipinski definition) is 1. The molecule has 1 fully saturated rings. The standard InChI is InChI=1S/C14H21N5O2S/c1-3-20-13-18-17-11(22-13)9-15-14(7-5-4-6-8-14)12-16-10(2)21-19-12/h15H,3-9H2,1-2H3. The van der Waals surface area contributed by atoms with E-state index in [1.807, 2.05) is 13.8 Å². The molecule has 0 spiro atoms. The summed E-state index contributed by atoms with van der Waals surface area (Å²) in [5, 5.41) is 17.5. The molecule has 0 bridgehead atoms. The molecule has 0 aromatic carbocycles. The Bertz CT molecular complexity index is 606. The van der Waals surface area contributed by atoms with Crippen LogP contribution in [-0.2, 0) is 12.1 Å². The van der Waals surface area contributed by atoms with Gasteiger partial charge in [-0.15, -0.1) is 10.2 Å². The van der Waals surface area contributed by atoms with Crippen molar-refractivity contribution in [3.8, 4) is 5.19 Å². The fourth-order valence-electron chi connectivity index (χ4n) is 2.86. The van der Waals surface area contributed by atoms with E-state index in [1.54, 1.807) is 0 Å². The lowest BCUT2D eigenvalue weighted by molar-refractivity contribution is 0.210. The zero-order chi connectivity index (χ0) is 15.4. The van der Waals surface area contributed by atoms with Crippen molar-refractivity contribution in [2.24, 2.45) is 0 Å². The van der Waals surface area contributed by atoms with Gasteiger partial charge in [-0.2, -0.15) is 4.98 Å². The van der Waals surface area contributed by atoms with Crippen LogP contribution in [0.4, 0.5) is 0 Å². The lowest BCUT2D eigenvalue weighted by atomic mass is 9.81. The van der Waals surface area contributed by atoms with Gasteiger partial charge < -0.3 is 9.26 Å². The molecule has 2 aromatic heterocycles. The Kier molecular flexibility index (Phi) is 4.68. The lowest BCUT2D eigenvalue weighted by Crippen LogP contribution is -2.44. The number of aromatic nitrogens is 4. The van der Waals surface area contributed by atoms with Crippen LogP contribution in [0.1, 0.15) is 55.8 Å². The summed E-state index contributed by atoms with van der Waals surface area (Å²) in [5.41, 5.74) is -0.215. The van der Waals surface area contributed by atoms with E-state index in [2.05, 4.69) is 25.7 Å². The second kappa shape index (κ2) is 6.70.